The summed E-state index contributed by atoms with van der Waals surface area (Å²) < 4.78 is 11.1. The molecule has 1 aliphatic rings. The molecule has 2 amide bonds. The smallest absolute Gasteiger partial charge is 0.265 e. The number of rotatable bonds is 5. The van der Waals surface area contributed by atoms with Crippen molar-refractivity contribution in [2.24, 2.45) is 0 Å². The van der Waals surface area contributed by atoms with Crippen LogP contribution in [-0.4, -0.2) is 55.6 Å². The lowest BCUT2D eigenvalue weighted by molar-refractivity contribution is -0.136. The SMILES string of the molecule is COc1ccc(-c2nc(CC(=O)N3C[C@@H](C(=O)N(C)C)Oc4ccccc43)cs2)cc1. The Labute approximate surface area is 184 Å². The number of nitrogens with zero attached hydrogens (tertiary/aromatic N) is 3. The van der Waals surface area contributed by atoms with E-state index in [0.717, 1.165) is 16.3 Å². The number of hydrogen-bond acceptors (Lipinski definition) is 6. The van der Waals surface area contributed by atoms with E-state index >= 15 is 0 Å². The molecule has 0 unspecified atom stereocenters. The molecule has 4 rings (SSSR count). The average molecular weight is 438 g/mol. The highest BCUT2D eigenvalue weighted by Gasteiger charge is 2.34. The molecule has 7 nitrogen and oxygen atoms in total. The van der Waals surface area contributed by atoms with Crippen molar-refractivity contribution in [3.8, 4) is 22.1 Å². The van der Waals surface area contributed by atoms with Gasteiger partial charge in [0.2, 0.25) is 5.91 Å². The summed E-state index contributed by atoms with van der Waals surface area (Å²) in [6.07, 6.45) is -0.594. The highest BCUT2D eigenvalue weighted by molar-refractivity contribution is 7.13. The highest BCUT2D eigenvalue weighted by atomic mass is 32.1. The number of benzene rings is 2. The fraction of sp³-hybridized carbons (Fsp3) is 0.261. The number of fused-ring (bicyclic) bond motifs is 1. The molecule has 0 saturated heterocycles. The molecule has 1 aromatic heterocycles. The largest absolute Gasteiger partial charge is 0.497 e. The molecule has 0 bridgehead atoms. The van der Waals surface area contributed by atoms with Gasteiger partial charge in [-0.05, 0) is 36.4 Å². The lowest BCUT2D eigenvalue weighted by Gasteiger charge is -2.35. The van der Waals surface area contributed by atoms with Gasteiger partial charge < -0.3 is 19.3 Å². The predicted molar refractivity (Wildman–Crippen MR) is 120 cm³/mol. The van der Waals surface area contributed by atoms with Crippen LogP contribution in [0.2, 0.25) is 0 Å². The number of carbonyl (C=O) groups is 2. The average Bonchev–Trinajstić information content (AvgIpc) is 3.26. The van der Waals surface area contributed by atoms with Crippen molar-refractivity contribution in [1.29, 1.82) is 0 Å². The zero-order valence-electron chi connectivity index (χ0n) is 17.6. The molecule has 0 N–H and O–H groups in total. The lowest BCUT2D eigenvalue weighted by Crippen LogP contribution is -2.50. The van der Waals surface area contributed by atoms with E-state index in [1.165, 1.54) is 16.2 Å². The first-order valence-electron chi connectivity index (χ1n) is 9.82. The number of amides is 2. The Morgan fingerprint density at radius 3 is 2.65 bits per heavy atom. The molecule has 160 valence electrons. The van der Waals surface area contributed by atoms with Gasteiger partial charge in [0.05, 0.1) is 31.5 Å². The normalized spacial score (nSPS) is 15.1. The predicted octanol–water partition coefficient (Wildman–Crippen LogP) is 3.24. The minimum atomic E-state index is -0.737. The van der Waals surface area contributed by atoms with E-state index in [-0.39, 0.29) is 24.8 Å². The van der Waals surface area contributed by atoms with Crippen LogP contribution in [0, 0.1) is 0 Å². The number of aromatic nitrogens is 1. The third-order valence-electron chi connectivity index (χ3n) is 5.01. The summed E-state index contributed by atoms with van der Waals surface area (Å²) in [5, 5.41) is 2.74. The molecule has 0 aliphatic carbocycles. The molecule has 1 atom stereocenters. The number of thiazole rings is 1. The Morgan fingerprint density at radius 1 is 1.19 bits per heavy atom. The van der Waals surface area contributed by atoms with Gasteiger partial charge in [0.15, 0.2) is 6.10 Å². The summed E-state index contributed by atoms with van der Waals surface area (Å²) in [4.78, 5) is 33.4. The minimum Gasteiger partial charge on any atom is -0.497 e. The Kier molecular flexibility index (Phi) is 5.90. The maximum atomic E-state index is 13.2. The summed E-state index contributed by atoms with van der Waals surface area (Å²) in [5.41, 5.74) is 2.33. The third-order valence-corrected chi connectivity index (χ3v) is 5.95. The lowest BCUT2D eigenvalue weighted by atomic mass is 10.1. The highest BCUT2D eigenvalue weighted by Crippen LogP contribution is 2.34. The van der Waals surface area contributed by atoms with Gasteiger partial charge in [-0.15, -0.1) is 11.3 Å². The second-order valence-electron chi connectivity index (χ2n) is 7.36. The molecule has 0 saturated carbocycles. The van der Waals surface area contributed by atoms with Crippen LogP contribution < -0.4 is 14.4 Å². The van der Waals surface area contributed by atoms with E-state index in [4.69, 9.17) is 9.47 Å². The van der Waals surface area contributed by atoms with Gasteiger partial charge in [0.25, 0.3) is 5.91 Å². The fourth-order valence-electron chi connectivity index (χ4n) is 3.39. The van der Waals surface area contributed by atoms with Crippen molar-refractivity contribution in [1.82, 2.24) is 9.88 Å². The van der Waals surface area contributed by atoms with Gasteiger partial charge in [-0.25, -0.2) is 4.98 Å². The number of ether oxygens (including phenoxy) is 2. The van der Waals surface area contributed by atoms with Gasteiger partial charge >= 0.3 is 0 Å². The quantitative estimate of drug-likeness (QED) is 0.613. The van der Waals surface area contributed by atoms with Crippen LogP contribution in [0.3, 0.4) is 0 Å². The number of anilines is 1. The van der Waals surface area contributed by atoms with Crippen molar-refractivity contribution in [3.05, 3.63) is 59.6 Å². The van der Waals surface area contributed by atoms with Crippen molar-refractivity contribution < 1.29 is 19.1 Å². The number of carbonyl (C=O) groups excluding carboxylic acids is 2. The third kappa shape index (κ3) is 4.39. The summed E-state index contributed by atoms with van der Waals surface area (Å²) >= 11 is 1.49. The first kappa shape index (κ1) is 20.9. The number of methoxy groups -OCH3 is 1. The molecule has 0 spiro atoms. The molecule has 8 heteroatoms. The topological polar surface area (TPSA) is 72.0 Å². The maximum Gasteiger partial charge on any atom is 0.265 e. The van der Waals surface area contributed by atoms with Gasteiger partial charge in [-0.2, -0.15) is 0 Å². The molecule has 0 radical (unpaired) electrons. The van der Waals surface area contributed by atoms with Gasteiger partial charge in [-0.1, -0.05) is 12.1 Å². The number of hydrogen-bond donors (Lipinski definition) is 0. The van der Waals surface area contributed by atoms with E-state index in [1.54, 1.807) is 32.2 Å². The maximum absolute atomic E-state index is 13.2. The number of likely N-dealkylation sites (N-methyl/N-ethyl adjacent to an activating group) is 1. The Balaban J connectivity index is 1.53. The monoisotopic (exact) mass is 437 g/mol. The van der Waals surface area contributed by atoms with Crippen molar-refractivity contribution in [2.45, 2.75) is 12.5 Å². The van der Waals surface area contributed by atoms with E-state index in [1.807, 2.05) is 47.8 Å². The number of para-hydroxylation sites is 2. The van der Waals surface area contributed by atoms with Crippen molar-refractivity contribution in [2.75, 3.05) is 32.6 Å². The van der Waals surface area contributed by atoms with Gasteiger partial charge in [0, 0.05) is 25.0 Å². The van der Waals surface area contributed by atoms with Gasteiger partial charge in [0.1, 0.15) is 16.5 Å². The standard InChI is InChI=1S/C23H23N3O4S/c1-25(2)23(28)20-13-26(18-6-4-5-7-19(18)30-20)21(27)12-16-14-31-22(24-16)15-8-10-17(29-3)11-9-15/h4-11,14,20H,12-13H2,1-3H3/t20-/m0/s1. The summed E-state index contributed by atoms with van der Waals surface area (Å²) in [6.45, 7) is 0.169. The van der Waals surface area contributed by atoms with Crippen LogP contribution in [0.4, 0.5) is 5.69 Å². The van der Waals surface area contributed by atoms with E-state index in [0.29, 0.717) is 17.1 Å². The Hall–Kier alpha value is -3.39. The van der Waals surface area contributed by atoms with E-state index < -0.39 is 6.10 Å². The molecule has 2 aromatic carbocycles. The first-order chi connectivity index (χ1) is 15.0. The zero-order valence-corrected chi connectivity index (χ0v) is 18.4. The molecule has 1 aliphatic heterocycles. The molecular weight excluding hydrogens is 414 g/mol. The van der Waals surface area contributed by atoms with Crippen LogP contribution in [0.1, 0.15) is 5.69 Å². The zero-order chi connectivity index (χ0) is 22.0. The minimum absolute atomic E-state index is 0.126. The van der Waals surface area contributed by atoms with Crippen LogP contribution in [0.25, 0.3) is 10.6 Å². The second kappa shape index (κ2) is 8.77. The summed E-state index contributed by atoms with van der Waals surface area (Å²) in [5.74, 6) is 1.00. The van der Waals surface area contributed by atoms with E-state index in [9.17, 15) is 9.59 Å². The van der Waals surface area contributed by atoms with Crippen LogP contribution in [0.5, 0.6) is 11.5 Å². The fourth-order valence-corrected chi connectivity index (χ4v) is 4.22. The van der Waals surface area contributed by atoms with E-state index in [2.05, 4.69) is 4.98 Å². The Bertz CT molecular complexity index is 1090. The van der Waals surface area contributed by atoms with Gasteiger partial charge in [-0.3, -0.25) is 9.59 Å². The van der Waals surface area contributed by atoms with Crippen LogP contribution in [-0.2, 0) is 16.0 Å². The molecular formula is C23H23N3O4S. The Morgan fingerprint density at radius 2 is 1.94 bits per heavy atom. The summed E-state index contributed by atoms with van der Waals surface area (Å²) in [6, 6.07) is 14.9. The van der Waals surface area contributed by atoms with Crippen molar-refractivity contribution in [3.63, 3.8) is 0 Å². The van der Waals surface area contributed by atoms with Crippen molar-refractivity contribution >= 4 is 28.8 Å². The summed E-state index contributed by atoms with van der Waals surface area (Å²) in [7, 11) is 4.98. The first-order valence-corrected chi connectivity index (χ1v) is 10.7. The molecule has 0 fully saturated rings. The second-order valence-corrected chi connectivity index (χ2v) is 8.22. The van der Waals surface area contributed by atoms with Crippen LogP contribution >= 0.6 is 11.3 Å². The molecule has 31 heavy (non-hydrogen) atoms. The van der Waals surface area contributed by atoms with Crippen LogP contribution in [0.15, 0.2) is 53.9 Å². The molecule has 2 heterocycles. The molecule has 3 aromatic rings.